The monoisotopic (exact) mass is 313 g/mol. The van der Waals surface area contributed by atoms with Crippen molar-refractivity contribution in [3.63, 3.8) is 0 Å². The summed E-state index contributed by atoms with van der Waals surface area (Å²) in [7, 11) is 0. The lowest BCUT2D eigenvalue weighted by Crippen LogP contribution is -2.34. The molecule has 0 radical (unpaired) electrons. The van der Waals surface area contributed by atoms with Gasteiger partial charge < -0.3 is 5.32 Å². The number of halogens is 1. The van der Waals surface area contributed by atoms with E-state index >= 15 is 0 Å². The van der Waals surface area contributed by atoms with Crippen LogP contribution in [0.15, 0.2) is 53.6 Å². The molecule has 0 heterocycles. The zero-order chi connectivity index (χ0) is 16.7. The number of carbonyl (C=O) groups excluding carboxylic acids is 2. The maximum atomic E-state index is 13.0. The van der Waals surface area contributed by atoms with E-state index in [4.69, 9.17) is 0 Å². The van der Waals surface area contributed by atoms with Crippen molar-refractivity contribution in [2.45, 2.75) is 6.92 Å². The molecule has 0 saturated carbocycles. The van der Waals surface area contributed by atoms with Gasteiger partial charge in [-0.25, -0.2) is 9.82 Å². The van der Waals surface area contributed by atoms with E-state index in [0.29, 0.717) is 11.1 Å². The number of hydrazone groups is 1. The SMILES string of the molecule is Cc1cccc(C(=O)NCC(=O)N/N=C\c2cccc(F)c2)c1. The summed E-state index contributed by atoms with van der Waals surface area (Å²) in [4.78, 5) is 23.5. The molecule has 0 bridgehead atoms. The predicted molar refractivity (Wildman–Crippen MR) is 85.6 cm³/mol. The lowest BCUT2D eigenvalue weighted by atomic mass is 10.1. The van der Waals surface area contributed by atoms with Crippen LogP contribution in [0.2, 0.25) is 0 Å². The molecule has 0 atom stereocenters. The van der Waals surface area contributed by atoms with Gasteiger partial charge in [0.15, 0.2) is 0 Å². The molecule has 118 valence electrons. The molecular weight excluding hydrogens is 297 g/mol. The highest BCUT2D eigenvalue weighted by atomic mass is 19.1. The highest BCUT2D eigenvalue weighted by molar-refractivity contribution is 5.96. The topological polar surface area (TPSA) is 70.6 Å². The van der Waals surface area contributed by atoms with Gasteiger partial charge in [0.25, 0.3) is 11.8 Å². The Bertz CT molecular complexity index is 744. The molecule has 23 heavy (non-hydrogen) atoms. The number of nitrogens with zero attached hydrogens (tertiary/aromatic N) is 1. The number of rotatable bonds is 5. The minimum Gasteiger partial charge on any atom is -0.343 e. The third kappa shape index (κ3) is 5.35. The van der Waals surface area contributed by atoms with Crippen LogP contribution in [0.4, 0.5) is 4.39 Å². The van der Waals surface area contributed by atoms with Gasteiger partial charge in [0.1, 0.15) is 5.82 Å². The number of aryl methyl sites for hydroxylation is 1. The molecule has 5 nitrogen and oxygen atoms in total. The third-order valence-electron chi connectivity index (χ3n) is 2.94. The standard InChI is InChI=1S/C17H16FN3O2/c1-12-4-2-6-14(8-12)17(23)19-11-16(22)21-20-10-13-5-3-7-15(18)9-13/h2-10H,11H2,1H3,(H,19,23)(H,21,22)/b20-10-. The van der Waals surface area contributed by atoms with Gasteiger partial charge in [-0.1, -0.05) is 29.8 Å². The number of amides is 2. The molecule has 2 amide bonds. The molecule has 0 aliphatic carbocycles. The van der Waals surface area contributed by atoms with Gasteiger partial charge in [0, 0.05) is 5.56 Å². The van der Waals surface area contributed by atoms with Crippen molar-refractivity contribution in [3.05, 3.63) is 71.0 Å². The minimum atomic E-state index is -0.473. The summed E-state index contributed by atoms with van der Waals surface area (Å²) in [6.07, 6.45) is 1.32. The Labute approximate surface area is 133 Å². The Balaban J connectivity index is 1.80. The molecule has 0 aliphatic heterocycles. The molecule has 6 heteroatoms. The van der Waals surface area contributed by atoms with E-state index in [1.165, 1.54) is 18.3 Å². The highest BCUT2D eigenvalue weighted by Gasteiger charge is 2.07. The number of benzene rings is 2. The van der Waals surface area contributed by atoms with Crippen molar-refractivity contribution >= 4 is 18.0 Å². The van der Waals surface area contributed by atoms with Gasteiger partial charge in [0.2, 0.25) is 0 Å². The maximum absolute atomic E-state index is 13.0. The molecule has 2 N–H and O–H groups in total. The fourth-order valence-electron chi connectivity index (χ4n) is 1.85. The highest BCUT2D eigenvalue weighted by Crippen LogP contribution is 2.03. The van der Waals surface area contributed by atoms with Crippen molar-refractivity contribution in [2.75, 3.05) is 6.54 Å². The predicted octanol–water partition coefficient (Wildman–Crippen LogP) is 2.01. The van der Waals surface area contributed by atoms with Crippen molar-refractivity contribution in [3.8, 4) is 0 Å². The van der Waals surface area contributed by atoms with Crippen LogP contribution in [0.1, 0.15) is 21.5 Å². The fourth-order valence-corrected chi connectivity index (χ4v) is 1.85. The van der Waals surface area contributed by atoms with Crippen LogP contribution in [0.5, 0.6) is 0 Å². The van der Waals surface area contributed by atoms with Crippen molar-refractivity contribution in [2.24, 2.45) is 5.10 Å². The number of nitrogens with one attached hydrogen (secondary N) is 2. The van der Waals surface area contributed by atoms with Crippen LogP contribution in [-0.2, 0) is 4.79 Å². The second-order valence-electron chi connectivity index (χ2n) is 4.90. The number of carbonyl (C=O) groups is 2. The van der Waals surface area contributed by atoms with Crippen molar-refractivity contribution in [1.82, 2.24) is 10.7 Å². The summed E-state index contributed by atoms with van der Waals surface area (Å²) >= 11 is 0. The first kappa shape index (κ1) is 16.4. The van der Waals surface area contributed by atoms with Crippen LogP contribution in [0.25, 0.3) is 0 Å². The molecule has 2 aromatic carbocycles. The summed E-state index contributed by atoms with van der Waals surface area (Å²) < 4.78 is 13.0. The first-order valence-electron chi connectivity index (χ1n) is 6.97. The minimum absolute atomic E-state index is 0.201. The smallest absolute Gasteiger partial charge is 0.259 e. The molecule has 0 spiro atoms. The summed E-state index contributed by atoms with van der Waals surface area (Å²) in [5, 5.41) is 6.20. The molecular formula is C17H16FN3O2. The first-order valence-corrected chi connectivity index (χ1v) is 6.97. The molecule has 0 unspecified atom stereocenters. The fraction of sp³-hybridized carbons (Fsp3) is 0.118. The molecule has 0 fully saturated rings. The Morgan fingerprint density at radius 3 is 2.70 bits per heavy atom. The van der Waals surface area contributed by atoms with E-state index in [0.717, 1.165) is 5.56 Å². The molecule has 2 rings (SSSR count). The van der Waals surface area contributed by atoms with E-state index in [9.17, 15) is 14.0 Å². The Morgan fingerprint density at radius 2 is 1.96 bits per heavy atom. The second-order valence-corrected chi connectivity index (χ2v) is 4.90. The summed E-state index contributed by atoms with van der Waals surface area (Å²) in [5.74, 6) is -1.19. The number of hydrogen-bond donors (Lipinski definition) is 2. The van der Waals surface area contributed by atoms with Crippen molar-refractivity contribution < 1.29 is 14.0 Å². The van der Waals surface area contributed by atoms with Crippen LogP contribution in [0, 0.1) is 12.7 Å². The quantitative estimate of drug-likeness (QED) is 0.655. The normalized spacial score (nSPS) is 10.5. The molecule has 0 aromatic heterocycles. The summed E-state index contributed by atoms with van der Waals surface area (Å²) in [5.41, 5.74) is 4.23. The molecule has 0 saturated heterocycles. The van der Waals surface area contributed by atoms with E-state index in [2.05, 4.69) is 15.8 Å². The van der Waals surface area contributed by atoms with Gasteiger partial charge in [-0.3, -0.25) is 9.59 Å². The van der Waals surface area contributed by atoms with Crippen LogP contribution >= 0.6 is 0 Å². The second kappa shape index (κ2) is 7.84. The van der Waals surface area contributed by atoms with E-state index in [1.807, 2.05) is 13.0 Å². The largest absolute Gasteiger partial charge is 0.343 e. The average Bonchev–Trinajstić information content (AvgIpc) is 2.52. The zero-order valence-electron chi connectivity index (χ0n) is 12.5. The Kier molecular flexibility index (Phi) is 5.57. The first-order chi connectivity index (χ1) is 11.0. The Hall–Kier alpha value is -3.02. The summed E-state index contributed by atoms with van der Waals surface area (Å²) in [6.45, 7) is 1.68. The summed E-state index contributed by atoms with van der Waals surface area (Å²) in [6, 6.07) is 12.8. The third-order valence-corrected chi connectivity index (χ3v) is 2.94. The maximum Gasteiger partial charge on any atom is 0.259 e. The van der Waals surface area contributed by atoms with Crippen LogP contribution < -0.4 is 10.7 Å². The molecule has 0 aliphatic rings. The van der Waals surface area contributed by atoms with Gasteiger partial charge in [0.05, 0.1) is 12.8 Å². The van der Waals surface area contributed by atoms with E-state index in [1.54, 1.807) is 30.3 Å². The zero-order valence-corrected chi connectivity index (χ0v) is 12.5. The van der Waals surface area contributed by atoms with Crippen LogP contribution in [-0.4, -0.2) is 24.6 Å². The van der Waals surface area contributed by atoms with E-state index in [-0.39, 0.29) is 18.3 Å². The lowest BCUT2D eigenvalue weighted by molar-refractivity contribution is -0.120. The van der Waals surface area contributed by atoms with Gasteiger partial charge >= 0.3 is 0 Å². The van der Waals surface area contributed by atoms with Crippen molar-refractivity contribution in [1.29, 1.82) is 0 Å². The van der Waals surface area contributed by atoms with Crippen LogP contribution in [0.3, 0.4) is 0 Å². The molecule has 2 aromatic rings. The lowest BCUT2D eigenvalue weighted by Gasteiger charge is -2.04. The Morgan fingerprint density at radius 1 is 1.17 bits per heavy atom. The average molecular weight is 313 g/mol. The van der Waals surface area contributed by atoms with Gasteiger partial charge in [-0.05, 0) is 36.8 Å². The van der Waals surface area contributed by atoms with Gasteiger partial charge in [-0.2, -0.15) is 5.10 Å². The van der Waals surface area contributed by atoms with E-state index < -0.39 is 5.91 Å². The number of hydrogen-bond acceptors (Lipinski definition) is 3. The van der Waals surface area contributed by atoms with Gasteiger partial charge in [-0.15, -0.1) is 0 Å².